The molecule has 1 aromatic rings. The van der Waals surface area contributed by atoms with E-state index in [0.29, 0.717) is 31.9 Å². The molecule has 2 unspecified atom stereocenters. The maximum absolute atomic E-state index is 13.9. The monoisotopic (exact) mass is 597 g/mol. The summed E-state index contributed by atoms with van der Waals surface area (Å²) in [6.45, 7) is 9.45. The second kappa shape index (κ2) is 12.1. The molecule has 3 aliphatic heterocycles. The molecule has 3 fully saturated rings. The summed E-state index contributed by atoms with van der Waals surface area (Å²) in [7, 11) is 0. The van der Waals surface area contributed by atoms with Crippen molar-refractivity contribution in [1.29, 1.82) is 5.26 Å². The minimum absolute atomic E-state index is 0.106. The van der Waals surface area contributed by atoms with Gasteiger partial charge in [-0.1, -0.05) is 27.7 Å². The van der Waals surface area contributed by atoms with Crippen LogP contribution in [0.5, 0.6) is 5.75 Å². The number of nitrogens with zero attached hydrogens (tertiary/aromatic N) is 2. The number of nitrogens with one attached hydrogen (secondary N) is 3. The fourth-order valence-corrected chi connectivity index (χ4v) is 6.84. The molecule has 3 heterocycles. The number of benzene rings is 1. The molecule has 1 aliphatic carbocycles. The Hall–Kier alpha value is -3.72. The number of amides is 4. The Morgan fingerprint density at radius 1 is 1.21 bits per heavy atom. The van der Waals surface area contributed by atoms with E-state index in [-0.39, 0.29) is 53.1 Å². The molecule has 43 heavy (non-hydrogen) atoms. The van der Waals surface area contributed by atoms with Gasteiger partial charge in [-0.3, -0.25) is 19.2 Å². The normalized spacial score (nSPS) is 27.1. The van der Waals surface area contributed by atoms with Gasteiger partial charge in [-0.2, -0.15) is 5.26 Å². The first-order chi connectivity index (χ1) is 20.4. The lowest BCUT2D eigenvalue weighted by Crippen LogP contribution is -2.58. The first-order valence-corrected chi connectivity index (χ1v) is 15.0. The topological polar surface area (TPSA) is 150 Å². The lowest BCUT2D eigenvalue weighted by Gasteiger charge is -2.35. The second-order valence-electron chi connectivity index (χ2n) is 13.1. The molecule has 4 aliphatic rings. The molecule has 11 nitrogen and oxygen atoms in total. The minimum Gasteiger partial charge on any atom is -0.478 e. The van der Waals surface area contributed by atoms with E-state index >= 15 is 0 Å². The summed E-state index contributed by atoms with van der Waals surface area (Å²) in [4.78, 5) is 54.8. The number of fused-ring (bicyclic) bond motifs is 2. The Balaban J connectivity index is 1.26. The highest BCUT2D eigenvalue weighted by molar-refractivity contribution is 5.98. The van der Waals surface area contributed by atoms with Crippen molar-refractivity contribution in [3.05, 3.63) is 24.0 Å². The van der Waals surface area contributed by atoms with Crippen molar-refractivity contribution in [1.82, 2.24) is 15.5 Å². The smallest absolute Gasteiger partial charge is 0.265 e. The van der Waals surface area contributed by atoms with Crippen molar-refractivity contribution < 1.29 is 33.0 Å². The number of nitriles is 1. The third kappa shape index (κ3) is 6.32. The van der Waals surface area contributed by atoms with Crippen LogP contribution in [-0.4, -0.2) is 72.5 Å². The highest BCUT2D eigenvalue weighted by Crippen LogP contribution is 2.65. The van der Waals surface area contributed by atoms with Crippen molar-refractivity contribution in [2.24, 2.45) is 29.1 Å². The number of carbonyl (C=O) groups is 4. The first kappa shape index (κ1) is 30.7. The fourth-order valence-electron chi connectivity index (χ4n) is 6.84. The zero-order chi connectivity index (χ0) is 31.1. The Bertz CT molecular complexity index is 1320. The van der Waals surface area contributed by atoms with E-state index in [1.807, 2.05) is 19.9 Å². The van der Waals surface area contributed by atoms with Crippen molar-refractivity contribution >= 4 is 29.3 Å². The number of hydrogen-bond donors (Lipinski definition) is 3. The molecule has 6 atom stereocenters. The van der Waals surface area contributed by atoms with Crippen LogP contribution in [0.1, 0.15) is 53.4 Å². The summed E-state index contributed by atoms with van der Waals surface area (Å²) >= 11 is 0. The zero-order valence-electron chi connectivity index (χ0n) is 25.0. The molecule has 0 aromatic heterocycles. The Morgan fingerprint density at radius 2 is 1.93 bits per heavy atom. The summed E-state index contributed by atoms with van der Waals surface area (Å²) in [5.74, 6) is -1.90. The summed E-state index contributed by atoms with van der Waals surface area (Å²) in [5.41, 5.74) is 0.155. The van der Waals surface area contributed by atoms with Crippen LogP contribution in [0.15, 0.2) is 18.2 Å². The Kier molecular flexibility index (Phi) is 8.65. The number of piperidine rings is 1. The van der Waals surface area contributed by atoms with Gasteiger partial charge in [0.25, 0.3) is 5.91 Å². The molecule has 3 N–H and O–H groups in total. The van der Waals surface area contributed by atoms with Gasteiger partial charge in [0, 0.05) is 38.7 Å². The van der Waals surface area contributed by atoms with Gasteiger partial charge >= 0.3 is 0 Å². The lowest BCUT2D eigenvalue weighted by atomic mass is 9.94. The van der Waals surface area contributed by atoms with Crippen LogP contribution < -0.4 is 20.7 Å². The van der Waals surface area contributed by atoms with Crippen molar-refractivity contribution in [2.45, 2.75) is 77.6 Å². The molecule has 4 amide bonds. The molecule has 0 bridgehead atoms. The van der Waals surface area contributed by atoms with Crippen LogP contribution in [0.25, 0.3) is 0 Å². The van der Waals surface area contributed by atoms with Crippen LogP contribution in [0.4, 0.5) is 10.1 Å². The summed E-state index contributed by atoms with van der Waals surface area (Å²) in [5, 5.41) is 18.2. The van der Waals surface area contributed by atoms with E-state index in [9.17, 15) is 28.8 Å². The largest absolute Gasteiger partial charge is 0.478 e. The molecule has 5 rings (SSSR count). The minimum atomic E-state index is -1.12. The molecular weight excluding hydrogens is 557 g/mol. The molecule has 0 radical (unpaired) electrons. The van der Waals surface area contributed by atoms with E-state index in [2.05, 4.69) is 29.8 Å². The number of likely N-dealkylation sites (tertiary alicyclic amines) is 1. The molecule has 232 valence electrons. The van der Waals surface area contributed by atoms with Crippen LogP contribution in [0.2, 0.25) is 0 Å². The Morgan fingerprint density at radius 3 is 2.60 bits per heavy atom. The zero-order valence-corrected chi connectivity index (χ0v) is 25.0. The van der Waals surface area contributed by atoms with E-state index in [4.69, 9.17) is 9.47 Å². The van der Waals surface area contributed by atoms with Gasteiger partial charge < -0.3 is 30.3 Å². The molecule has 2 saturated heterocycles. The lowest BCUT2D eigenvalue weighted by molar-refractivity contribution is -0.144. The number of hydrogen-bond acceptors (Lipinski definition) is 7. The SMILES string of the molecule is CC(C)C(NC(=O)CC1CCOCC1)C(=O)N1C[C@H]2[C@@H]([C@H]1C(=O)NC(C#N)C[C@@H]1Oc3cc(F)ccc3NC1=O)C2(C)C. The number of ether oxygens (including phenoxy) is 2. The van der Waals surface area contributed by atoms with E-state index in [1.165, 1.54) is 12.1 Å². The third-order valence-corrected chi connectivity index (χ3v) is 9.51. The van der Waals surface area contributed by atoms with E-state index < -0.39 is 41.9 Å². The van der Waals surface area contributed by atoms with Crippen LogP contribution in [-0.2, 0) is 23.9 Å². The van der Waals surface area contributed by atoms with Crippen molar-refractivity contribution in [3.63, 3.8) is 0 Å². The predicted octanol–water partition coefficient (Wildman–Crippen LogP) is 2.36. The molecule has 1 saturated carbocycles. The number of anilines is 1. The fraction of sp³-hybridized carbons (Fsp3) is 0.645. The molecule has 0 spiro atoms. The highest BCUT2D eigenvalue weighted by Gasteiger charge is 2.69. The third-order valence-electron chi connectivity index (χ3n) is 9.51. The van der Waals surface area contributed by atoms with Crippen LogP contribution >= 0.6 is 0 Å². The first-order valence-electron chi connectivity index (χ1n) is 15.0. The van der Waals surface area contributed by atoms with Gasteiger partial charge in [0.2, 0.25) is 17.7 Å². The van der Waals surface area contributed by atoms with Gasteiger partial charge in [0.15, 0.2) is 6.10 Å². The van der Waals surface area contributed by atoms with Crippen LogP contribution in [0.3, 0.4) is 0 Å². The molecule has 1 aromatic carbocycles. The van der Waals surface area contributed by atoms with E-state index in [0.717, 1.165) is 18.9 Å². The maximum atomic E-state index is 13.9. The summed E-state index contributed by atoms with van der Waals surface area (Å²) in [6, 6.07) is 3.03. The van der Waals surface area contributed by atoms with Crippen molar-refractivity contribution in [2.75, 3.05) is 25.1 Å². The average molecular weight is 598 g/mol. The van der Waals surface area contributed by atoms with Gasteiger partial charge in [-0.05, 0) is 54.1 Å². The number of rotatable bonds is 9. The maximum Gasteiger partial charge on any atom is 0.265 e. The quantitative estimate of drug-likeness (QED) is 0.396. The van der Waals surface area contributed by atoms with Gasteiger partial charge in [0.05, 0.1) is 11.8 Å². The van der Waals surface area contributed by atoms with Crippen molar-refractivity contribution in [3.8, 4) is 11.8 Å². The molecular formula is C31H40FN5O6. The standard InChI is InChI=1S/C31H40FN5O6/c1-16(2)26(36-24(38)11-17-7-9-42-10-8-17)30(41)37-15-20-25(31(20,3)4)27(37)29(40)34-19(14-33)13-23-28(39)35-21-6-5-18(32)12-22(21)43-23/h5-6,12,16-17,19-20,23,25-27H,7-11,13,15H2,1-4H3,(H,34,40)(H,35,39)(H,36,38)/t19?,20-,23-,25-,26?,27-/m0/s1. The second-order valence-corrected chi connectivity index (χ2v) is 13.1. The highest BCUT2D eigenvalue weighted by atomic mass is 19.1. The Labute approximate surface area is 250 Å². The summed E-state index contributed by atoms with van der Waals surface area (Å²) in [6.07, 6.45) is 0.635. The van der Waals surface area contributed by atoms with Gasteiger partial charge in [-0.15, -0.1) is 0 Å². The van der Waals surface area contributed by atoms with Gasteiger partial charge in [-0.25, -0.2) is 4.39 Å². The van der Waals surface area contributed by atoms with Crippen LogP contribution in [0, 0.1) is 46.2 Å². The van der Waals surface area contributed by atoms with E-state index in [1.54, 1.807) is 4.90 Å². The summed E-state index contributed by atoms with van der Waals surface area (Å²) < 4.78 is 24.8. The number of carbonyl (C=O) groups excluding carboxylic acids is 4. The predicted molar refractivity (Wildman–Crippen MR) is 153 cm³/mol. The molecule has 12 heteroatoms. The van der Waals surface area contributed by atoms with Gasteiger partial charge in [0.1, 0.15) is 29.7 Å². The average Bonchev–Trinajstić information content (AvgIpc) is 3.28. The number of halogens is 1.